The number of nitrogens with zero attached hydrogens (tertiary/aromatic N) is 1. The predicted octanol–water partition coefficient (Wildman–Crippen LogP) is 4.73. The van der Waals surface area contributed by atoms with E-state index in [1.165, 1.54) is 4.88 Å². The first-order valence-electron chi connectivity index (χ1n) is 4.78. The van der Waals surface area contributed by atoms with Gasteiger partial charge in [0.25, 0.3) is 0 Å². The highest BCUT2D eigenvalue weighted by Crippen LogP contribution is 2.29. The van der Waals surface area contributed by atoms with Gasteiger partial charge in [-0.25, -0.2) is 4.98 Å². The van der Waals surface area contributed by atoms with Crippen LogP contribution in [0.2, 0.25) is 5.15 Å². The molecule has 1 atom stereocenters. The molecule has 0 spiro atoms. The molecule has 2 aromatic heterocycles. The van der Waals surface area contributed by atoms with Crippen molar-refractivity contribution in [3.63, 3.8) is 0 Å². The van der Waals surface area contributed by atoms with Gasteiger partial charge < -0.3 is 5.32 Å². The summed E-state index contributed by atoms with van der Waals surface area (Å²) in [5.41, 5.74) is 0.983. The number of pyridine rings is 1. The number of halogens is 2. The first kappa shape index (κ1) is 11.9. The molecule has 0 aliphatic heterocycles. The van der Waals surface area contributed by atoms with E-state index in [9.17, 15) is 0 Å². The molecule has 16 heavy (non-hydrogen) atoms. The molecule has 2 rings (SSSR count). The molecule has 2 nitrogen and oxygen atoms in total. The third-order valence-corrected chi connectivity index (χ3v) is 4.14. The van der Waals surface area contributed by atoms with Crippen LogP contribution < -0.4 is 5.32 Å². The minimum atomic E-state index is 0.259. The van der Waals surface area contributed by atoms with Crippen LogP contribution in [-0.2, 0) is 0 Å². The summed E-state index contributed by atoms with van der Waals surface area (Å²) in [6, 6.07) is 8.15. The molecule has 0 radical (unpaired) electrons. The smallest absolute Gasteiger partial charge is 0.131 e. The van der Waals surface area contributed by atoms with Crippen LogP contribution >= 0.6 is 38.9 Å². The quantitative estimate of drug-likeness (QED) is 0.828. The van der Waals surface area contributed by atoms with Crippen molar-refractivity contribution in [2.75, 3.05) is 5.32 Å². The van der Waals surface area contributed by atoms with Crippen molar-refractivity contribution in [2.45, 2.75) is 13.0 Å². The number of thiophene rings is 1. The van der Waals surface area contributed by atoms with Crippen LogP contribution in [0.25, 0.3) is 0 Å². The Bertz CT molecular complexity index is 486. The highest BCUT2D eigenvalue weighted by atomic mass is 79.9. The van der Waals surface area contributed by atoms with Gasteiger partial charge in [0.05, 0.1) is 9.83 Å². The van der Waals surface area contributed by atoms with E-state index in [0.717, 1.165) is 9.47 Å². The lowest BCUT2D eigenvalue weighted by molar-refractivity contribution is 0.907. The fourth-order valence-electron chi connectivity index (χ4n) is 1.37. The normalized spacial score (nSPS) is 12.4. The van der Waals surface area contributed by atoms with Crippen LogP contribution in [0, 0.1) is 0 Å². The maximum atomic E-state index is 5.82. The van der Waals surface area contributed by atoms with E-state index < -0.39 is 0 Å². The van der Waals surface area contributed by atoms with Gasteiger partial charge in [0.2, 0.25) is 0 Å². The first-order valence-corrected chi connectivity index (χ1v) is 6.77. The third kappa shape index (κ3) is 2.97. The second-order valence-electron chi connectivity index (χ2n) is 3.38. The minimum absolute atomic E-state index is 0.259. The van der Waals surface area contributed by atoms with Crippen molar-refractivity contribution < 1.29 is 0 Å². The summed E-state index contributed by atoms with van der Waals surface area (Å²) in [4.78, 5) is 5.22. The monoisotopic (exact) mass is 316 g/mol. The molecular formula is C11H10BrClN2S. The van der Waals surface area contributed by atoms with Crippen LogP contribution in [0.1, 0.15) is 17.8 Å². The first-order chi connectivity index (χ1) is 7.65. The van der Waals surface area contributed by atoms with Crippen molar-refractivity contribution in [1.82, 2.24) is 4.98 Å². The molecule has 2 heterocycles. The van der Waals surface area contributed by atoms with Crippen LogP contribution in [0.15, 0.2) is 34.2 Å². The summed E-state index contributed by atoms with van der Waals surface area (Å²) in [5.74, 6) is 0. The van der Waals surface area contributed by atoms with E-state index in [1.54, 1.807) is 17.5 Å². The van der Waals surface area contributed by atoms with Crippen molar-refractivity contribution in [1.29, 1.82) is 0 Å². The zero-order valence-corrected chi connectivity index (χ0v) is 11.7. The van der Waals surface area contributed by atoms with Gasteiger partial charge in [0, 0.05) is 16.8 Å². The summed E-state index contributed by atoms with van der Waals surface area (Å²) >= 11 is 11.0. The van der Waals surface area contributed by atoms with Gasteiger partial charge in [0.1, 0.15) is 5.15 Å². The molecule has 0 aliphatic carbocycles. The van der Waals surface area contributed by atoms with E-state index >= 15 is 0 Å². The Balaban J connectivity index is 2.10. The van der Waals surface area contributed by atoms with Gasteiger partial charge in [-0.15, -0.1) is 11.3 Å². The Labute approximate surface area is 112 Å². The molecule has 0 aromatic carbocycles. The van der Waals surface area contributed by atoms with Crippen LogP contribution in [0.5, 0.6) is 0 Å². The molecular weight excluding hydrogens is 308 g/mol. The molecule has 5 heteroatoms. The number of rotatable bonds is 3. The van der Waals surface area contributed by atoms with Gasteiger partial charge in [0.15, 0.2) is 0 Å². The molecule has 0 saturated heterocycles. The van der Waals surface area contributed by atoms with E-state index in [1.807, 2.05) is 12.1 Å². The van der Waals surface area contributed by atoms with Gasteiger partial charge in [-0.2, -0.15) is 0 Å². The average molecular weight is 318 g/mol. The lowest BCUT2D eigenvalue weighted by Crippen LogP contribution is -2.04. The Kier molecular flexibility index (Phi) is 3.84. The van der Waals surface area contributed by atoms with Gasteiger partial charge in [-0.05, 0) is 47.1 Å². The maximum absolute atomic E-state index is 5.82. The Morgan fingerprint density at radius 1 is 1.44 bits per heavy atom. The largest absolute Gasteiger partial charge is 0.378 e. The second-order valence-corrected chi connectivity index (χ2v) is 6.26. The number of anilines is 1. The number of nitrogens with one attached hydrogen (secondary N) is 1. The molecule has 0 bridgehead atoms. The molecule has 0 amide bonds. The number of hydrogen-bond donors (Lipinski definition) is 1. The average Bonchev–Trinajstić information content (AvgIpc) is 2.65. The second kappa shape index (κ2) is 5.17. The van der Waals surface area contributed by atoms with Crippen molar-refractivity contribution in [2.24, 2.45) is 0 Å². The van der Waals surface area contributed by atoms with Crippen LogP contribution in [0.3, 0.4) is 0 Å². The predicted molar refractivity (Wildman–Crippen MR) is 73.3 cm³/mol. The summed E-state index contributed by atoms with van der Waals surface area (Å²) in [7, 11) is 0. The van der Waals surface area contributed by atoms with E-state index in [2.05, 4.69) is 45.3 Å². The molecule has 0 fully saturated rings. The van der Waals surface area contributed by atoms with E-state index in [0.29, 0.717) is 5.15 Å². The number of hydrogen-bond acceptors (Lipinski definition) is 3. The highest BCUT2D eigenvalue weighted by molar-refractivity contribution is 9.11. The zero-order valence-electron chi connectivity index (χ0n) is 8.58. The Hall–Kier alpha value is -0.580. The van der Waals surface area contributed by atoms with Gasteiger partial charge in [-0.3, -0.25) is 0 Å². The fraction of sp³-hybridized carbons (Fsp3) is 0.182. The van der Waals surface area contributed by atoms with Crippen molar-refractivity contribution >= 4 is 44.6 Å². The zero-order chi connectivity index (χ0) is 11.5. The van der Waals surface area contributed by atoms with Gasteiger partial charge >= 0.3 is 0 Å². The van der Waals surface area contributed by atoms with Crippen molar-refractivity contribution in [3.05, 3.63) is 44.3 Å². The fourth-order valence-corrected chi connectivity index (χ4v) is 2.97. The van der Waals surface area contributed by atoms with E-state index in [4.69, 9.17) is 11.6 Å². The summed E-state index contributed by atoms with van der Waals surface area (Å²) in [5, 5.41) is 3.88. The molecule has 1 unspecified atom stereocenters. The third-order valence-electron chi connectivity index (χ3n) is 2.13. The SMILES string of the molecule is CC(Nc1ccnc(Cl)c1)c1ccc(Br)s1. The highest BCUT2D eigenvalue weighted by Gasteiger charge is 2.07. The molecule has 0 aliphatic rings. The topological polar surface area (TPSA) is 24.9 Å². The van der Waals surface area contributed by atoms with Gasteiger partial charge in [-0.1, -0.05) is 11.6 Å². The molecule has 2 aromatic rings. The summed E-state index contributed by atoms with van der Waals surface area (Å²) in [6.45, 7) is 2.12. The van der Waals surface area contributed by atoms with Crippen molar-refractivity contribution in [3.8, 4) is 0 Å². The van der Waals surface area contributed by atoms with E-state index in [-0.39, 0.29) is 6.04 Å². The Morgan fingerprint density at radius 3 is 2.88 bits per heavy atom. The lowest BCUT2D eigenvalue weighted by atomic mass is 10.2. The van der Waals surface area contributed by atoms with Crippen LogP contribution in [-0.4, -0.2) is 4.98 Å². The standard InChI is InChI=1S/C11H10BrClN2S/c1-7(9-2-3-10(12)16-9)15-8-4-5-14-11(13)6-8/h2-7H,1H3,(H,14,15). The Morgan fingerprint density at radius 2 is 2.25 bits per heavy atom. The molecule has 1 N–H and O–H groups in total. The lowest BCUT2D eigenvalue weighted by Gasteiger charge is -2.13. The summed E-state index contributed by atoms with van der Waals surface area (Å²) in [6.07, 6.45) is 1.70. The maximum Gasteiger partial charge on any atom is 0.131 e. The molecule has 84 valence electrons. The number of aromatic nitrogens is 1. The van der Waals surface area contributed by atoms with Crippen LogP contribution in [0.4, 0.5) is 5.69 Å². The summed E-state index contributed by atoms with van der Waals surface area (Å²) < 4.78 is 1.14. The molecule has 0 saturated carbocycles. The minimum Gasteiger partial charge on any atom is -0.378 e.